The monoisotopic (exact) mass is 205 g/mol. The number of hydrogen-bond donors (Lipinski definition) is 0. The molecule has 0 aliphatic rings. The van der Waals surface area contributed by atoms with Crippen molar-refractivity contribution in [1.29, 1.82) is 0 Å². The highest BCUT2D eigenvalue weighted by molar-refractivity contribution is 6.13. The summed E-state index contributed by atoms with van der Waals surface area (Å²) in [5.74, 6) is -0.379. The van der Waals surface area contributed by atoms with Crippen LogP contribution in [0.1, 0.15) is 26.7 Å². The molecule has 1 rings (SSSR count). The van der Waals surface area contributed by atoms with E-state index in [9.17, 15) is 9.59 Å². The first-order valence-electron chi connectivity index (χ1n) is 5.05. The van der Waals surface area contributed by atoms with Crippen LogP contribution >= 0.6 is 0 Å². The van der Waals surface area contributed by atoms with Crippen molar-refractivity contribution < 1.29 is 9.59 Å². The van der Waals surface area contributed by atoms with Crippen LogP contribution in [0.5, 0.6) is 0 Å². The van der Waals surface area contributed by atoms with E-state index in [0.29, 0.717) is 12.1 Å². The zero-order valence-electron chi connectivity index (χ0n) is 9.06. The number of carbonyl (C=O) groups is 2. The minimum Gasteiger partial charge on any atom is -0.274 e. The molecule has 0 N–H and O–H groups in total. The number of carbonyl (C=O) groups excluding carboxylic acids is 2. The molecule has 0 heterocycles. The van der Waals surface area contributed by atoms with Crippen LogP contribution in [0.4, 0.5) is 5.69 Å². The fraction of sp³-hybridized carbons (Fsp3) is 0.333. The van der Waals surface area contributed by atoms with Crippen LogP contribution in [0, 0.1) is 0 Å². The predicted octanol–water partition coefficient (Wildman–Crippen LogP) is 2.37. The van der Waals surface area contributed by atoms with Gasteiger partial charge in [-0.25, -0.2) is 0 Å². The largest absolute Gasteiger partial charge is 0.274 e. The van der Waals surface area contributed by atoms with Gasteiger partial charge >= 0.3 is 0 Å². The minimum absolute atomic E-state index is 0.142. The van der Waals surface area contributed by atoms with Gasteiger partial charge in [0, 0.05) is 13.3 Å². The van der Waals surface area contributed by atoms with Gasteiger partial charge in [-0.1, -0.05) is 25.1 Å². The van der Waals surface area contributed by atoms with Gasteiger partial charge in [-0.05, 0) is 18.6 Å². The summed E-state index contributed by atoms with van der Waals surface area (Å²) in [6.45, 7) is 3.32. The molecular formula is C12H15NO2. The van der Waals surface area contributed by atoms with Gasteiger partial charge in [0.25, 0.3) is 0 Å². The molecule has 0 unspecified atom stereocenters. The molecule has 1 aromatic rings. The summed E-state index contributed by atoms with van der Waals surface area (Å²) in [7, 11) is 0. The lowest BCUT2D eigenvalue weighted by atomic mass is 10.2. The number of imide groups is 1. The Morgan fingerprint density at radius 3 is 2.27 bits per heavy atom. The summed E-state index contributed by atoms with van der Waals surface area (Å²) in [6.07, 6.45) is 1.14. The van der Waals surface area contributed by atoms with Crippen molar-refractivity contribution in [3.05, 3.63) is 30.3 Å². The quantitative estimate of drug-likeness (QED) is 0.759. The van der Waals surface area contributed by atoms with Crippen LogP contribution in [-0.2, 0) is 9.59 Å². The molecule has 3 heteroatoms. The molecule has 0 aromatic heterocycles. The Hall–Kier alpha value is -1.64. The maximum atomic E-state index is 11.7. The van der Waals surface area contributed by atoms with E-state index in [1.807, 2.05) is 25.1 Å². The molecule has 0 fully saturated rings. The minimum atomic E-state index is -0.236. The Labute approximate surface area is 89.7 Å². The normalized spacial score (nSPS) is 9.73. The first-order valence-corrected chi connectivity index (χ1v) is 5.05. The number of para-hydroxylation sites is 1. The second-order valence-corrected chi connectivity index (χ2v) is 3.33. The van der Waals surface area contributed by atoms with E-state index < -0.39 is 0 Å². The van der Waals surface area contributed by atoms with E-state index in [1.165, 1.54) is 11.8 Å². The van der Waals surface area contributed by atoms with Gasteiger partial charge in [0.2, 0.25) is 11.8 Å². The molecule has 1 aromatic carbocycles. The highest BCUT2D eigenvalue weighted by Gasteiger charge is 2.18. The predicted molar refractivity (Wildman–Crippen MR) is 59.5 cm³/mol. The van der Waals surface area contributed by atoms with Crippen molar-refractivity contribution in [2.24, 2.45) is 0 Å². The van der Waals surface area contributed by atoms with Crippen LogP contribution in [0.2, 0.25) is 0 Å². The summed E-state index contributed by atoms with van der Waals surface area (Å²) in [6, 6.07) is 8.99. The molecule has 0 aliphatic carbocycles. The van der Waals surface area contributed by atoms with Crippen LogP contribution < -0.4 is 4.90 Å². The van der Waals surface area contributed by atoms with Crippen molar-refractivity contribution in [3.8, 4) is 0 Å². The van der Waals surface area contributed by atoms with Gasteiger partial charge in [-0.15, -0.1) is 0 Å². The molecular weight excluding hydrogens is 190 g/mol. The SMILES string of the molecule is CCCC(=O)N(C(C)=O)c1ccccc1. The Kier molecular flexibility index (Phi) is 4.03. The molecule has 0 spiro atoms. The van der Waals surface area contributed by atoms with E-state index in [1.54, 1.807) is 12.1 Å². The first kappa shape index (κ1) is 11.4. The number of nitrogens with zero attached hydrogens (tertiary/aromatic N) is 1. The molecule has 0 saturated carbocycles. The lowest BCUT2D eigenvalue weighted by Gasteiger charge is -2.18. The zero-order chi connectivity index (χ0) is 11.3. The molecule has 0 radical (unpaired) electrons. The van der Waals surface area contributed by atoms with E-state index >= 15 is 0 Å². The molecule has 3 nitrogen and oxygen atoms in total. The molecule has 0 bridgehead atoms. The second kappa shape index (κ2) is 5.29. The van der Waals surface area contributed by atoms with Gasteiger partial charge in [0.05, 0.1) is 5.69 Å². The summed E-state index contributed by atoms with van der Waals surface area (Å²) in [5, 5.41) is 0. The van der Waals surface area contributed by atoms with Crippen LogP contribution in [0.25, 0.3) is 0 Å². The van der Waals surface area contributed by atoms with Crippen molar-refractivity contribution in [3.63, 3.8) is 0 Å². The molecule has 0 atom stereocenters. The average Bonchev–Trinajstić information content (AvgIpc) is 2.19. The summed E-state index contributed by atoms with van der Waals surface area (Å²) < 4.78 is 0. The lowest BCUT2D eigenvalue weighted by molar-refractivity contribution is -0.125. The lowest BCUT2D eigenvalue weighted by Crippen LogP contribution is -2.34. The third-order valence-electron chi connectivity index (χ3n) is 2.04. The number of anilines is 1. The van der Waals surface area contributed by atoms with Crippen molar-refractivity contribution >= 4 is 17.5 Å². The standard InChI is InChI=1S/C12H15NO2/c1-3-7-12(15)13(10(2)14)11-8-5-4-6-9-11/h4-6,8-9H,3,7H2,1-2H3. The van der Waals surface area contributed by atoms with Crippen LogP contribution in [-0.4, -0.2) is 11.8 Å². The fourth-order valence-corrected chi connectivity index (χ4v) is 1.40. The fourth-order valence-electron chi connectivity index (χ4n) is 1.40. The zero-order valence-corrected chi connectivity index (χ0v) is 9.06. The number of rotatable bonds is 3. The highest BCUT2D eigenvalue weighted by Crippen LogP contribution is 2.15. The number of benzene rings is 1. The van der Waals surface area contributed by atoms with Gasteiger partial charge in [0.1, 0.15) is 0 Å². The van der Waals surface area contributed by atoms with Crippen molar-refractivity contribution in [1.82, 2.24) is 0 Å². The third-order valence-corrected chi connectivity index (χ3v) is 2.04. The second-order valence-electron chi connectivity index (χ2n) is 3.33. The van der Waals surface area contributed by atoms with E-state index in [0.717, 1.165) is 6.42 Å². The van der Waals surface area contributed by atoms with Gasteiger partial charge in [-0.3, -0.25) is 14.5 Å². The van der Waals surface area contributed by atoms with Gasteiger partial charge in [0.15, 0.2) is 0 Å². The van der Waals surface area contributed by atoms with Gasteiger partial charge < -0.3 is 0 Å². The Balaban J connectivity index is 2.94. The average molecular weight is 205 g/mol. The summed E-state index contributed by atoms with van der Waals surface area (Å²) in [5.41, 5.74) is 0.642. The summed E-state index contributed by atoms with van der Waals surface area (Å²) in [4.78, 5) is 24.3. The van der Waals surface area contributed by atoms with Crippen LogP contribution in [0.3, 0.4) is 0 Å². The number of amides is 2. The van der Waals surface area contributed by atoms with Crippen molar-refractivity contribution in [2.45, 2.75) is 26.7 Å². The molecule has 2 amide bonds. The topological polar surface area (TPSA) is 37.4 Å². The maximum absolute atomic E-state index is 11.7. The van der Waals surface area contributed by atoms with Crippen LogP contribution in [0.15, 0.2) is 30.3 Å². The number of hydrogen-bond acceptors (Lipinski definition) is 2. The Bertz CT molecular complexity index is 346. The molecule has 80 valence electrons. The van der Waals surface area contributed by atoms with E-state index in [2.05, 4.69) is 0 Å². The first-order chi connectivity index (χ1) is 7.16. The summed E-state index contributed by atoms with van der Waals surface area (Å²) >= 11 is 0. The maximum Gasteiger partial charge on any atom is 0.233 e. The van der Waals surface area contributed by atoms with E-state index in [-0.39, 0.29) is 11.8 Å². The highest BCUT2D eigenvalue weighted by atomic mass is 16.2. The van der Waals surface area contributed by atoms with Gasteiger partial charge in [-0.2, -0.15) is 0 Å². The smallest absolute Gasteiger partial charge is 0.233 e. The molecule has 0 aliphatic heterocycles. The Morgan fingerprint density at radius 2 is 1.80 bits per heavy atom. The van der Waals surface area contributed by atoms with E-state index in [4.69, 9.17) is 0 Å². The molecule has 15 heavy (non-hydrogen) atoms. The Morgan fingerprint density at radius 1 is 1.20 bits per heavy atom. The molecule has 0 saturated heterocycles. The van der Waals surface area contributed by atoms with Crippen molar-refractivity contribution in [2.75, 3.05) is 4.90 Å². The third kappa shape index (κ3) is 2.91.